The van der Waals surface area contributed by atoms with E-state index >= 15 is 0 Å². The molecule has 0 saturated heterocycles. The molecule has 114 valence electrons. The summed E-state index contributed by atoms with van der Waals surface area (Å²) in [5.41, 5.74) is 2.13. The van der Waals surface area contributed by atoms with Crippen LogP contribution in [0.25, 0.3) is 0 Å². The fraction of sp³-hybridized carbons (Fsp3) is 0.357. The Morgan fingerprint density at radius 2 is 2.00 bits per heavy atom. The van der Waals surface area contributed by atoms with E-state index < -0.39 is 10.0 Å². The van der Waals surface area contributed by atoms with Crippen LogP contribution in [0.5, 0.6) is 0 Å². The molecule has 0 unspecified atom stereocenters. The van der Waals surface area contributed by atoms with Crippen LogP contribution in [0.4, 0.5) is 0 Å². The van der Waals surface area contributed by atoms with Gasteiger partial charge in [0, 0.05) is 12.6 Å². The van der Waals surface area contributed by atoms with Gasteiger partial charge in [-0.05, 0) is 36.7 Å². The molecule has 21 heavy (non-hydrogen) atoms. The standard InChI is InChI=1S/C14H19N3O3S/c1-3-11-4-5-14(8-12(11)9-15-2)21(18,19)17-10-13-6-7-16-20-13/h4-8,15,17H,3,9-10H2,1-2H3. The minimum absolute atomic E-state index is 0.0826. The van der Waals surface area contributed by atoms with E-state index in [1.165, 1.54) is 6.20 Å². The van der Waals surface area contributed by atoms with Gasteiger partial charge >= 0.3 is 0 Å². The molecule has 0 atom stereocenters. The molecule has 0 saturated carbocycles. The normalized spacial score (nSPS) is 11.7. The minimum Gasteiger partial charge on any atom is -0.360 e. The van der Waals surface area contributed by atoms with Crippen LogP contribution >= 0.6 is 0 Å². The van der Waals surface area contributed by atoms with Crippen LogP contribution in [0, 0.1) is 0 Å². The highest BCUT2D eigenvalue weighted by Crippen LogP contribution is 2.17. The second-order valence-corrected chi connectivity index (χ2v) is 6.38. The fourth-order valence-corrected chi connectivity index (χ4v) is 3.10. The monoisotopic (exact) mass is 309 g/mol. The van der Waals surface area contributed by atoms with E-state index in [2.05, 4.69) is 15.2 Å². The molecule has 2 N–H and O–H groups in total. The zero-order valence-corrected chi connectivity index (χ0v) is 12.9. The topological polar surface area (TPSA) is 84.2 Å². The molecule has 6 nitrogen and oxygen atoms in total. The van der Waals surface area contributed by atoms with Crippen molar-refractivity contribution in [2.45, 2.75) is 31.3 Å². The van der Waals surface area contributed by atoms with Gasteiger partial charge in [-0.1, -0.05) is 18.1 Å². The molecule has 0 aliphatic carbocycles. The number of aryl methyl sites for hydroxylation is 1. The van der Waals surface area contributed by atoms with Crippen LogP contribution in [0.3, 0.4) is 0 Å². The lowest BCUT2D eigenvalue weighted by Gasteiger charge is -2.11. The van der Waals surface area contributed by atoms with Crippen molar-refractivity contribution >= 4 is 10.0 Å². The Morgan fingerprint density at radius 1 is 1.19 bits per heavy atom. The first-order chi connectivity index (χ1) is 10.1. The number of benzene rings is 1. The number of nitrogens with one attached hydrogen (secondary N) is 2. The zero-order chi connectivity index (χ0) is 15.3. The van der Waals surface area contributed by atoms with Gasteiger partial charge < -0.3 is 9.84 Å². The second-order valence-electron chi connectivity index (χ2n) is 4.62. The van der Waals surface area contributed by atoms with Gasteiger partial charge in [-0.3, -0.25) is 0 Å². The van der Waals surface area contributed by atoms with E-state index in [-0.39, 0.29) is 11.4 Å². The molecule has 2 aromatic rings. The third kappa shape index (κ3) is 3.90. The highest BCUT2D eigenvalue weighted by molar-refractivity contribution is 7.89. The largest absolute Gasteiger partial charge is 0.360 e. The Labute approximate surface area is 124 Å². The SMILES string of the molecule is CCc1ccc(S(=O)(=O)NCc2ccno2)cc1CNC. The molecule has 0 fully saturated rings. The fourth-order valence-electron chi connectivity index (χ4n) is 2.05. The van der Waals surface area contributed by atoms with Crippen molar-refractivity contribution < 1.29 is 12.9 Å². The lowest BCUT2D eigenvalue weighted by Crippen LogP contribution is -2.23. The molecule has 0 bridgehead atoms. The third-order valence-corrected chi connectivity index (χ3v) is 4.56. The van der Waals surface area contributed by atoms with Crippen LogP contribution in [0.2, 0.25) is 0 Å². The average molecular weight is 309 g/mol. The highest BCUT2D eigenvalue weighted by atomic mass is 32.2. The van der Waals surface area contributed by atoms with Crippen molar-refractivity contribution in [2.75, 3.05) is 7.05 Å². The van der Waals surface area contributed by atoms with Crippen molar-refractivity contribution in [1.82, 2.24) is 15.2 Å². The molecular weight excluding hydrogens is 290 g/mol. The summed E-state index contributed by atoms with van der Waals surface area (Å²) in [5, 5.41) is 6.59. The second kappa shape index (κ2) is 6.84. The zero-order valence-electron chi connectivity index (χ0n) is 12.1. The number of sulfonamides is 1. The van der Waals surface area contributed by atoms with E-state index in [0.29, 0.717) is 12.3 Å². The smallest absolute Gasteiger partial charge is 0.240 e. The Morgan fingerprint density at radius 3 is 2.62 bits per heavy atom. The summed E-state index contributed by atoms with van der Waals surface area (Å²) in [7, 11) is -1.73. The first-order valence-electron chi connectivity index (χ1n) is 6.72. The molecule has 7 heteroatoms. The molecular formula is C14H19N3O3S. The number of nitrogens with zero attached hydrogens (tertiary/aromatic N) is 1. The van der Waals surface area contributed by atoms with Crippen LogP contribution in [-0.4, -0.2) is 20.6 Å². The Hall–Kier alpha value is -1.70. The van der Waals surface area contributed by atoms with Crippen LogP contribution in [0.1, 0.15) is 23.8 Å². The van der Waals surface area contributed by atoms with Crippen LogP contribution in [-0.2, 0) is 29.5 Å². The van der Waals surface area contributed by atoms with E-state index in [1.807, 2.05) is 20.0 Å². The summed E-state index contributed by atoms with van der Waals surface area (Å²) in [6, 6.07) is 6.81. The van der Waals surface area contributed by atoms with Gasteiger partial charge in [-0.15, -0.1) is 0 Å². The quantitative estimate of drug-likeness (QED) is 0.808. The van der Waals surface area contributed by atoms with Crippen molar-refractivity contribution in [3.63, 3.8) is 0 Å². The molecule has 0 spiro atoms. The summed E-state index contributed by atoms with van der Waals surface area (Å²) in [6.45, 7) is 2.76. The maximum absolute atomic E-state index is 12.3. The Kier molecular flexibility index (Phi) is 5.11. The van der Waals surface area contributed by atoms with Gasteiger partial charge in [-0.2, -0.15) is 0 Å². The van der Waals surface area contributed by atoms with Gasteiger partial charge in [0.15, 0.2) is 5.76 Å². The summed E-state index contributed by atoms with van der Waals surface area (Å²) in [5.74, 6) is 0.471. The Balaban J connectivity index is 2.20. The molecule has 1 aromatic carbocycles. The van der Waals surface area contributed by atoms with E-state index in [9.17, 15) is 8.42 Å². The summed E-state index contributed by atoms with van der Waals surface area (Å²) >= 11 is 0. The Bertz CT molecular complexity index is 681. The molecule has 0 amide bonds. The first kappa shape index (κ1) is 15.7. The first-order valence-corrected chi connectivity index (χ1v) is 8.20. The minimum atomic E-state index is -3.57. The lowest BCUT2D eigenvalue weighted by molar-refractivity contribution is 0.380. The number of hydrogen-bond donors (Lipinski definition) is 2. The summed E-state index contributed by atoms with van der Waals surface area (Å²) < 4.78 is 32.0. The van der Waals surface area contributed by atoms with E-state index in [1.54, 1.807) is 18.2 Å². The third-order valence-electron chi connectivity index (χ3n) is 3.16. The molecule has 1 heterocycles. The van der Waals surface area contributed by atoms with Crippen LogP contribution < -0.4 is 10.0 Å². The van der Waals surface area contributed by atoms with Gasteiger partial charge in [0.2, 0.25) is 10.0 Å². The van der Waals surface area contributed by atoms with Crippen molar-refractivity contribution in [1.29, 1.82) is 0 Å². The van der Waals surface area contributed by atoms with Gasteiger partial charge in [0.25, 0.3) is 0 Å². The predicted octanol–water partition coefficient (Wildman–Crippen LogP) is 1.43. The molecule has 2 rings (SSSR count). The predicted molar refractivity (Wildman–Crippen MR) is 79.1 cm³/mol. The van der Waals surface area contributed by atoms with Crippen molar-refractivity contribution in [2.24, 2.45) is 0 Å². The summed E-state index contributed by atoms with van der Waals surface area (Å²) in [4.78, 5) is 0.254. The number of rotatable bonds is 7. The van der Waals surface area contributed by atoms with Crippen molar-refractivity contribution in [3.8, 4) is 0 Å². The van der Waals surface area contributed by atoms with Gasteiger partial charge in [0.1, 0.15) is 0 Å². The summed E-state index contributed by atoms with van der Waals surface area (Å²) in [6.07, 6.45) is 2.34. The van der Waals surface area contributed by atoms with Crippen LogP contribution in [0.15, 0.2) is 39.9 Å². The van der Waals surface area contributed by atoms with Crippen molar-refractivity contribution in [3.05, 3.63) is 47.3 Å². The maximum atomic E-state index is 12.3. The van der Waals surface area contributed by atoms with E-state index in [4.69, 9.17) is 4.52 Å². The highest BCUT2D eigenvalue weighted by Gasteiger charge is 2.16. The number of aromatic nitrogens is 1. The molecule has 0 radical (unpaired) electrons. The molecule has 0 aliphatic rings. The van der Waals surface area contributed by atoms with Gasteiger partial charge in [0.05, 0.1) is 17.6 Å². The molecule has 0 aliphatic heterocycles. The maximum Gasteiger partial charge on any atom is 0.240 e. The molecule has 1 aromatic heterocycles. The van der Waals surface area contributed by atoms with E-state index in [0.717, 1.165) is 17.5 Å². The lowest BCUT2D eigenvalue weighted by atomic mass is 10.1. The number of hydrogen-bond acceptors (Lipinski definition) is 5. The average Bonchev–Trinajstić information content (AvgIpc) is 2.99. The van der Waals surface area contributed by atoms with Gasteiger partial charge in [-0.25, -0.2) is 13.1 Å².